The molecule has 92 valence electrons. The van der Waals surface area contributed by atoms with Gasteiger partial charge in [0.05, 0.1) is 11.0 Å². The van der Waals surface area contributed by atoms with Gasteiger partial charge in [0.25, 0.3) is 0 Å². The Morgan fingerprint density at radius 3 is 2.71 bits per heavy atom. The van der Waals surface area contributed by atoms with Gasteiger partial charge in [-0.25, -0.2) is 4.98 Å². The second-order valence-electron chi connectivity index (χ2n) is 4.94. The van der Waals surface area contributed by atoms with Crippen molar-refractivity contribution in [2.45, 2.75) is 39.3 Å². The van der Waals surface area contributed by atoms with Gasteiger partial charge >= 0.3 is 0 Å². The van der Waals surface area contributed by atoms with Gasteiger partial charge in [-0.2, -0.15) is 0 Å². The standard InChI is InChI=1S/C13H19N3O/c1-4-13(2,3)16-11-6-5-9(14)7-10(11)15-12(16)8-17/h5-7,17H,4,8,14H2,1-3H3. The molecule has 17 heavy (non-hydrogen) atoms. The Morgan fingerprint density at radius 1 is 1.41 bits per heavy atom. The van der Waals surface area contributed by atoms with E-state index in [0.29, 0.717) is 11.5 Å². The fourth-order valence-electron chi connectivity index (χ4n) is 2.09. The first kappa shape index (κ1) is 11.9. The van der Waals surface area contributed by atoms with Crippen molar-refractivity contribution >= 4 is 16.7 Å². The first-order valence-electron chi connectivity index (χ1n) is 5.88. The number of aliphatic hydroxyl groups is 1. The van der Waals surface area contributed by atoms with E-state index in [4.69, 9.17) is 5.73 Å². The minimum absolute atomic E-state index is 0.0575. The first-order valence-corrected chi connectivity index (χ1v) is 5.88. The third kappa shape index (κ3) is 1.89. The molecule has 0 saturated heterocycles. The van der Waals surface area contributed by atoms with Crippen LogP contribution in [0, 0.1) is 0 Å². The molecule has 0 radical (unpaired) electrons. The summed E-state index contributed by atoms with van der Waals surface area (Å²) in [6, 6.07) is 5.68. The van der Waals surface area contributed by atoms with Crippen LogP contribution in [0.1, 0.15) is 33.0 Å². The van der Waals surface area contributed by atoms with E-state index in [9.17, 15) is 5.11 Å². The molecule has 0 aliphatic carbocycles. The van der Waals surface area contributed by atoms with Crippen molar-refractivity contribution in [3.05, 3.63) is 24.0 Å². The van der Waals surface area contributed by atoms with Crippen molar-refractivity contribution in [3.8, 4) is 0 Å². The van der Waals surface area contributed by atoms with Gasteiger partial charge in [-0.3, -0.25) is 0 Å². The predicted octanol–water partition coefficient (Wildman–Crippen LogP) is 2.26. The summed E-state index contributed by atoms with van der Waals surface area (Å²) >= 11 is 0. The van der Waals surface area contributed by atoms with Crippen LogP contribution in [0.5, 0.6) is 0 Å². The molecule has 4 nitrogen and oxygen atoms in total. The maximum Gasteiger partial charge on any atom is 0.136 e. The second kappa shape index (κ2) is 4.04. The molecule has 1 aromatic heterocycles. The number of anilines is 1. The van der Waals surface area contributed by atoms with Crippen molar-refractivity contribution < 1.29 is 5.11 Å². The van der Waals surface area contributed by atoms with Crippen LogP contribution in [0.3, 0.4) is 0 Å². The molecule has 0 aliphatic rings. The largest absolute Gasteiger partial charge is 0.399 e. The number of fused-ring (bicyclic) bond motifs is 1. The minimum Gasteiger partial charge on any atom is -0.399 e. The van der Waals surface area contributed by atoms with E-state index in [0.717, 1.165) is 17.5 Å². The van der Waals surface area contributed by atoms with Crippen LogP contribution in [0.4, 0.5) is 5.69 Å². The van der Waals surface area contributed by atoms with Crippen LogP contribution in [-0.2, 0) is 12.1 Å². The zero-order valence-electron chi connectivity index (χ0n) is 10.6. The molecule has 0 spiro atoms. The SMILES string of the molecule is CCC(C)(C)n1c(CO)nc2cc(N)ccc21. The van der Waals surface area contributed by atoms with Crippen LogP contribution >= 0.6 is 0 Å². The van der Waals surface area contributed by atoms with Gasteiger partial charge in [-0.1, -0.05) is 6.92 Å². The van der Waals surface area contributed by atoms with E-state index >= 15 is 0 Å². The highest BCUT2D eigenvalue weighted by molar-refractivity contribution is 5.80. The molecule has 0 saturated carbocycles. The van der Waals surface area contributed by atoms with Crippen LogP contribution < -0.4 is 5.73 Å². The highest BCUT2D eigenvalue weighted by Gasteiger charge is 2.23. The molecule has 4 heteroatoms. The number of nitrogens with two attached hydrogens (primary N) is 1. The lowest BCUT2D eigenvalue weighted by atomic mass is 10.0. The topological polar surface area (TPSA) is 64.1 Å². The molecule has 0 unspecified atom stereocenters. The fraction of sp³-hybridized carbons (Fsp3) is 0.462. The van der Waals surface area contributed by atoms with Crippen molar-refractivity contribution in [2.75, 3.05) is 5.73 Å². The molecular weight excluding hydrogens is 214 g/mol. The Balaban J connectivity index is 2.75. The number of benzene rings is 1. The van der Waals surface area contributed by atoms with Crippen LogP contribution in [0.15, 0.2) is 18.2 Å². The molecule has 0 aliphatic heterocycles. The Bertz CT molecular complexity index is 543. The maximum absolute atomic E-state index is 9.43. The van der Waals surface area contributed by atoms with Gasteiger partial charge in [0.15, 0.2) is 0 Å². The smallest absolute Gasteiger partial charge is 0.136 e. The van der Waals surface area contributed by atoms with Crippen molar-refractivity contribution in [3.63, 3.8) is 0 Å². The molecule has 0 fully saturated rings. The molecule has 0 bridgehead atoms. The number of hydrogen-bond donors (Lipinski definition) is 2. The molecule has 1 aromatic carbocycles. The number of aromatic nitrogens is 2. The lowest BCUT2D eigenvalue weighted by Crippen LogP contribution is -2.27. The van der Waals surface area contributed by atoms with E-state index in [1.165, 1.54) is 0 Å². The van der Waals surface area contributed by atoms with E-state index in [2.05, 4.69) is 30.3 Å². The monoisotopic (exact) mass is 233 g/mol. The quantitative estimate of drug-likeness (QED) is 0.799. The summed E-state index contributed by atoms with van der Waals surface area (Å²) in [5.41, 5.74) is 8.25. The fourth-order valence-corrected chi connectivity index (χ4v) is 2.09. The van der Waals surface area contributed by atoms with E-state index in [1.54, 1.807) is 0 Å². The van der Waals surface area contributed by atoms with Crippen molar-refractivity contribution in [1.82, 2.24) is 9.55 Å². The number of aliphatic hydroxyl groups excluding tert-OH is 1. The van der Waals surface area contributed by atoms with Gasteiger partial charge < -0.3 is 15.4 Å². The summed E-state index contributed by atoms with van der Waals surface area (Å²) in [5, 5.41) is 9.43. The zero-order valence-corrected chi connectivity index (χ0v) is 10.6. The van der Waals surface area contributed by atoms with Gasteiger partial charge in [0.2, 0.25) is 0 Å². The summed E-state index contributed by atoms with van der Waals surface area (Å²) in [4.78, 5) is 4.44. The third-order valence-corrected chi connectivity index (χ3v) is 3.36. The number of rotatable bonds is 3. The molecule has 3 N–H and O–H groups in total. The van der Waals surface area contributed by atoms with Crippen molar-refractivity contribution in [1.29, 1.82) is 0 Å². The first-order chi connectivity index (χ1) is 7.99. The highest BCUT2D eigenvalue weighted by Crippen LogP contribution is 2.28. The average Bonchev–Trinajstić information content (AvgIpc) is 2.67. The minimum atomic E-state index is -0.0665. The van der Waals surface area contributed by atoms with Crippen LogP contribution in [-0.4, -0.2) is 14.7 Å². The molecule has 0 amide bonds. The Kier molecular flexibility index (Phi) is 2.83. The molecule has 0 atom stereocenters. The van der Waals surface area contributed by atoms with E-state index in [1.807, 2.05) is 18.2 Å². The lowest BCUT2D eigenvalue weighted by molar-refractivity contribution is 0.244. The summed E-state index contributed by atoms with van der Waals surface area (Å²) in [6.07, 6.45) is 0.968. The van der Waals surface area contributed by atoms with Gasteiger partial charge in [-0.05, 0) is 38.5 Å². The number of nitrogens with zero attached hydrogens (tertiary/aromatic N) is 2. The lowest BCUT2D eigenvalue weighted by Gasteiger charge is -2.27. The Hall–Kier alpha value is -1.55. The summed E-state index contributed by atoms with van der Waals surface area (Å²) in [5.74, 6) is 0.692. The summed E-state index contributed by atoms with van der Waals surface area (Å²) in [7, 11) is 0. The van der Waals surface area contributed by atoms with Crippen LogP contribution in [0.25, 0.3) is 11.0 Å². The Labute approximate surface area is 101 Å². The average molecular weight is 233 g/mol. The predicted molar refractivity (Wildman–Crippen MR) is 69.7 cm³/mol. The summed E-state index contributed by atoms with van der Waals surface area (Å²) < 4.78 is 2.10. The summed E-state index contributed by atoms with van der Waals surface area (Å²) in [6.45, 7) is 6.36. The maximum atomic E-state index is 9.43. The molecule has 1 heterocycles. The highest BCUT2D eigenvalue weighted by atomic mass is 16.3. The van der Waals surface area contributed by atoms with Gasteiger partial charge in [-0.15, -0.1) is 0 Å². The number of imidazole rings is 1. The normalized spacial score (nSPS) is 12.2. The van der Waals surface area contributed by atoms with Crippen molar-refractivity contribution in [2.24, 2.45) is 0 Å². The number of hydrogen-bond acceptors (Lipinski definition) is 3. The number of nitrogen functional groups attached to an aromatic ring is 1. The Morgan fingerprint density at radius 2 is 2.12 bits per heavy atom. The molecule has 2 aromatic rings. The van der Waals surface area contributed by atoms with E-state index < -0.39 is 0 Å². The molecular formula is C13H19N3O. The van der Waals surface area contributed by atoms with Crippen LogP contribution in [0.2, 0.25) is 0 Å². The third-order valence-electron chi connectivity index (χ3n) is 3.36. The zero-order chi connectivity index (χ0) is 12.6. The second-order valence-corrected chi connectivity index (χ2v) is 4.94. The van der Waals surface area contributed by atoms with Gasteiger partial charge in [0.1, 0.15) is 12.4 Å². The van der Waals surface area contributed by atoms with Gasteiger partial charge in [0, 0.05) is 11.2 Å². The van der Waals surface area contributed by atoms with E-state index in [-0.39, 0.29) is 12.1 Å². The molecule has 2 rings (SSSR count).